The van der Waals surface area contributed by atoms with Crippen molar-refractivity contribution in [3.05, 3.63) is 53.3 Å². The molecule has 0 aromatic heterocycles. The average Bonchev–Trinajstić information content (AvgIpc) is 3.14. The molecule has 32 heavy (non-hydrogen) atoms. The highest BCUT2D eigenvalue weighted by molar-refractivity contribution is 6.39. The number of fused-ring (bicyclic) bond motifs is 1. The summed E-state index contributed by atoms with van der Waals surface area (Å²) in [6.45, 7) is 3.32. The first-order chi connectivity index (χ1) is 15.4. The summed E-state index contributed by atoms with van der Waals surface area (Å²) in [6, 6.07) is 9.60. The zero-order chi connectivity index (χ0) is 22.8. The van der Waals surface area contributed by atoms with Crippen molar-refractivity contribution >= 4 is 29.2 Å². The van der Waals surface area contributed by atoms with Gasteiger partial charge in [-0.1, -0.05) is 12.1 Å². The Morgan fingerprint density at radius 1 is 1.22 bits per heavy atom. The van der Waals surface area contributed by atoms with Crippen molar-refractivity contribution < 1.29 is 28.2 Å². The van der Waals surface area contributed by atoms with E-state index in [1.54, 1.807) is 18.2 Å². The lowest BCUT2D eigenvalue weighted by Gasteiger charge is -2.40. The summed E-state index contributed by atoms with van der Waals surface area (Å²) in [4.78, 5) is 40.2. The lowest BCUT2D eigenvalue weighted by atomic mass is 10.1. The Morgan fingerprint density at radius 2 is 2.03 bits per heavy atom. The van der Waals surface area contributed by atoms with E-state index in [9.17, 15) is 18.8 Å². The lowest BCUT2D eigenvalue weighted by molar-refractivity contribution is -0.144. The number of rotatable bonds is 4. The third kappa shape index (κ3) is 4.43. The van der Waals surface area contributed by atoms with E-state index in [-0.39, 0.29) is 30.9 Å². The molecule has 1 atom stereocenters. The number of nitrogens with one attached hydrogen (secondary N) is 1. The Balaban J connectivity index is 1.37. The van der Waals surface area contributed by atoms with Crippen LogP contribution < -0.4 is 15.0 Å². The summed E-state index contributed by atoms with van der Waals surface area (Å²) >= 11 is 0. The standard InChI is InChI=1S/C23H24FN3O5/c1-14-12-26(18-6-4-16(13-31-2)19(24)11-18)7-8-27(14)23(30)22(29)25-17-5-3-15-9-21(28)32-20(15)10-17/h3-6,10-11,14H,7-9,12-13H2,1-2H3,(H,25,29)/t14-/m1/s1. The van der Waals surface area contributed by atoms with Crippen molar-refractivity contribution in [2.24, 2.45) is 0 Å². The molecule has 0 bridgehead atoms. The lowest BCUT2D eigenvalue weighted by Crippen LogP contribution is -2.56. The van der Waals surface area contributed by atoms with Gasteiger partial charge < -0.3 is 24.6 Å². The smallest absolute Gasteiger partial charge is 0.315 e. The summed E-state index contributed by atoms with van der Waals surface area (Å²) in [5, 5.41) is 2.58. The number of piperazine rings is 1. The van der Waals surface area contributed by atoms with Crippen LogP contribution in [0.3, 0.4) is 0 Å². The van der Waals surface area contributed by atoms with Crippen LogP contribution in [0.15, 0.2) is 36.4 Å². The Labute approximate surface area is 184 Å². The number of ether oxygens (including phenoxy) is 2. The van der Waals surface area contributed by atoms with Gasteiger partial charge in [-0.3, -0.25) is 14.4 Å². The zero-order valence-corrected chi connectivity index (χ0v) is 17.9. The van der Waals surface area contributed by atoms with Crippen LogP contribution >= 0.6 is 0 Å². The molecule has 2 heterocycles. The number of hydrogen-bond acceptors (Lipinski definition) is 6. The predicted molar refractivity (Wildman–Crippen MR) is 115 cm³/mol. The van der Waals surface area contributed by atoms with Crippen molar-refractivity contribution in [3.63, 3.8) is 0 Å². The van der Waals surface area contributed by atoms with Gasteiger partial charge in [0.05, 0.1) is 13.0 Å². The molecule has 1 fully saturated rings. The first-order valence-corrected chi connectivity index (χ1v) is 10.3. The molecule has 0 saturated carbocycles. The first kappa shape index (κ1) is 21.8. The van der Waals surface area contributed by atoms with Crippen LogP contribution in [0, 0.1) is 5.82 Å². The number of nitrogens with zero attached hydrogens (tertiary/aromatic N) is 2. The van der Waals surface area contributed by atoms with Gasteiger partial charge in [-0.05, 0) is 25.1 Å². The van der Waals surface area contributed by atoms with Crippen molar-refractivity contribution in [1.29, 1.82) is 0 Å². The molecule has 0 radical (unpaired) electrons. The van der Waals surface area contributed by atoms with Crippen LogP contribution in [-0.2, 0) is 32.1 Å². The number of halogens is 1. The van der Waals surface area contributed by atoms with Gasteiger partial charge in [0.2, 0.25) is 0 Å². The first-order valence-electron chi connectivity index (χ1n) is 10.3. The Morgan fingerprint density at radius 3 is 2.75 bits per heavy atom. The largest absolute Gasteiger partial charge is 0.426 e. The number of carbonyl (C=O) groups is 3. The maximum absolute atomic E-state index is 14.3. The summed E-state index contributed by atoms with van der Waals surface area (Å²) in [5.74, 6) is -1.69. The summed E-state index contributed by atoms with van der Waals surface area (Å²) in [5.41, 5.74) is 2.33. The Hall–Kier alpha value is -3.46. The van der Waals surface area contributed by atoms with E-state index in [4.69, 9.17) is 9.47 Å². The predicted octanol–water partition coefficient (Wildman–Crippen LogP) is 2.11. The Kier molecular flexibility index (Phi) is 6.09. The average molecular weight is 441 g/mol. The third-order valence-electron chi connectivity index (χ3n) is 5.67. The molecule has 0 unspecified atom stereocenters. The van der Waals surface area contributed by atoms with Gasteiger partial charge in [0, 0.05) is 61.4 Å². The number of esters is 1. The van der Waals surface area contributed by atoms with Crippen molar-refractivity contribution in [2.45, 2.75) is 26.0 Å². The monoisotopic (exact) mass is 441 g/mol. The molecule has 2 aliphatic rings. The summed E-state index contributed by atoms with van der Waals surface area (Å²) in [6.07, 6.45) is 0.198. The van der Waals surface area contributed by atoms with Crippen LogP contribution in [0.1, 0.15) is 18.1 Å². The number of benzene rings is 2. The minimum Gasteiger partial charge on any atom is -0.426 e. The number of methoxy groups -OCH3 is 1. The molecule has 2 amide bonds. The van der Waals surface area contributed by atoms with E-state index in [0.29, 0.717) is 36.6 Å². The van der Waals surface area contributed by atoms with Gasteiger partial charge in [-0.2, -0.15) is 0 Å². The van der Waals surface area contributed by atoms with Crippen LogP contribution in [-0.4, -0.2) is 55.5 Å². The maximum atomic E-state index is 14.3. The molecule has 4 rings (SSSR count). The second kappa shape index (κ2) is 8.96. The van der Waals surface area contributed by atoms with E-state index in [2.05, 4.69) is 5.32 Å². The maximum Gasteiger partial charge on any atom is 0.315 e. The molecule has 2 aromatic rings. The molecule has 168 valence electrons. The van der Waals surface area contributed by atoms with Crippen molar-refractivity contribution in [3.8, 4) is 5.75 Å². The van der Waals surface area contributed by atoms with E-state index >= 15 is 0 Å². The van der Waals surface area contributed by atoms with Gasteiger partial charge in [-0.15, -0.1) is 0 Å². The van der Waals surface area contributed by atoms with Gasteiger partial charge in [0.25, 0.3) is 0 Å². The van der Waals surface area contributed by atoms with Gasteiger partial charge >= 0.3 is 17.8 Å². The molecular formula is C23H24FN3O5. The van der Waals surface area contributed by atoms with E-state index < -0.39 is 11.8 Å². The fourth-order valence-electron chi connectivity index (χ4n) is 4.00. The second-order valence-corrected chi connectivity index (χ2v) is 7.93. The highest BCUT2D eigenvalue weighted by Gasteiger charge is 2.32. The molecule has 0 spiro atoms. The second-order valence-electron chi connectivity index (χ2n) is 7.93. The molecular weight excluding hydrogens is 417 g/mol. The van der Waals surface area contributed by atoms with E-state index in [1.807, 2.05) is 17.9 Å². The number of anilines is 2. The van der Waals surface area contributed by atoms with Crippen LogP contribution in [0.2, 0.25) is 0 Å². The van der Waals surface area contributed by atoms with Crippen molar-refractivity contribution in [1.82, 2.24) is 4.90 Å². The van der Waals surface area contributed by atoms with E-state index in [0.717, 1.165) is 11.3 Å². The van der Waals surface area contributed by atoms with Crippen LogP contribution in [0.5, 0.6) is 5.75 Å². The molecule has 8 nitrogen and oxygen atoms in total. The zero-order valence-electron chi connectivity index (χ0n) is 17.9. The fourth-order valence-corrected chi connectivity index (χ4v) is 4.00. The Bertz CT molecular complexity index is 1070. The summed E-state index contributed by atoms with van der Waals surface area (Å²) in [7, 11) is 1.51. The van der Waals surface area contributed by atoms with E-state index in [1.165, 1.54) is 24.1 Å². The van der Waals surface area contributed by atoms with Crippen LogP contribution in [0.25, 0.3) is 0 Å². The molecule has 1 N–H and O–H groups in total. The third-order valence-corrected chi connectivity index (χ3v) is 5.67. The fraction of sp³-hybridized carbons (Fsp3) is 0.348. The highest BCUT2D eigenvalue weighted by atomic mass is 19.1. The summed E-state index contributed by atoms with van der Waals surface area (Å²) < 4.78 is 24.3. The van der Waals surface area contributed by atoms with Crippen LogP contribution in [0.4, 0.5) is 15.8 Å². The van der Waals surface area contributed by atoms with Gasteiger partial charge in [0.1, 0.15) is 11.6 Å². The molecule has 1 saturated heterocycles. The minimum atomic E-state index is -0.760. The molecule has 2 aromatic carbocycles. The number of carbonyl (C=O) groups excluding carboxylic acids is 3. The SMILES string of the molecule is COCc1ccc(N2CCN(C(=O)C(=O)Nc3ccc4c(c3)OC(=O)C4)[C@H](C)C2)cc1F. The normalized spacial score (nSPS) is 17.7. The quantitative estimate of drug-likeness (QED) is 0.444. The minimum absolute atomic E-state index is 0.198. The van der Waals surface area contributed by atoms with Gasteiger partial charge in [-0.25, -0.2) is 4.39 Å². The topological polar surface area (TPSA) is 88.2 Å². The van der Waals surface area contributed by atoms with Crippen molar-refractivity contribution in [2.75, 3.05) is 37.0 Å². The molecule has 2 aliphatic heterocycles. The number of amides is 2. The van der Waals surface area contributed by atoms with Gasteiger partial charge in [0.15, 0.2) is 0 Å². The molecule has 0 aliphatic carbocycles. The number of hydrogen-bond donors (Lipinski definition) is 1. The molecule has 9 heteroatoms. The highest BCUT2D eigenvalue weighted by Crippen LogP contribution is 2.29.